The van der Waals surface area contributed by atoms with Crippen LogP contribution < -0.4 is 10.1 Å². The average Bonchev–Trinajstić information content (AvgIpc) is 3.36. The molecule has 0 aliphatic carbocycles. The van der Waals surface area contributed by atoms with E-state index in [2.05, 4.69) is 10.3 Å². The van der Waals surface area contributed by atoms with Crippen LogP contribution in [0.1, 0.15) is 12.0 Å². The maximum absolute atomic E-state index is 12.6. The molecule has 4 rings (SSSR count). The lowest BCUT2D eigenvalue weighted by Crippen LogP contribution is -2.28. The van der Waals surface area contributed by atoms with Crippen LogP contribution in [0.15, 0.2) is 60.0 Å². The molecule has 1 saturated heterocycles. The number of carbonyl (C=O) groups excluding carboxylic acids is 2. The summed E-state index contributed by atoms with van der Waals surface area (Å²) in [5.74, 6) is 0.264. The van der Waals surface area contributed by atoms with E-state index < -0.39 is 0 Å². The van der Waals surface area contributed by atoms with Crippen molar-refractivity contribution < 1.29 is 14.3 Å². The Balaban J connectivity index is 1.37. The molecular weight excluding hydrogens is 386 g/mol. The van der Waals surface area contributed by atoms with E-state index in [1.165, 1.54) is 11.3 Å². The Labute approximate surface area is 173 Å². The first kappa shape index (κ1) is 19.1. The van der Waals surface area contributed by atoms with E-state index in [0.29, 0.717) is 18.2 Å². The molecule has 2 heterocycles. The molecule has 3 aromatic rings. The highest BCUT2D eigenvalue weighted by Gasteiger charge is 2.34. The van der Waals surface area contributed by atoms with Crippen molar-refractivity contribution in [2.45, 2.75) is 13.0 Å². The van der Waals surface area contributed by atoms with Crippen molar-refractivity contribution in [2.24, 2.45) is 5.92 Å². The van der Waals surface area contributed by atoms with Crippen molar-refractivity contribution in [1.82, 2.24) is 9.88 Å². The zero-order valence-electron chi connectivity index (χ0n) is 16.0. The minimum atomic E-state index is -0.362. The van der Waals surface area contributed by atoms with E-state index >= 15 is 0 Å². The maximum atomic E-state index is 12.6. The number of nitrogens with zero attached hydrogens (tertiary/aromatic N) is 2. The fraction of sp³-hybridized carbons (Fsp3) is 0.227. The minimum absolute atomic E-state index is 0.00654. The molecule has 1 unspecified atom stereocenters. The summed E-state index contributed by atoms with van der Waals surface area (Å²) in [6.07, 6.45) is 0.232. The van der Waals surface area contributed by atoms with Gasteiger partial charge in [0, 0.05) is 30.5 Å². The number of ether oxygens (including phenoxy) is 1. The lowest BCUT2D eigenvalue weighted by Gasteiger charge is -2.16. The fourth-order valence-corrected chi connectivity index (χ4v) is 4.06. The summed E-state index contributed by atoms with van der Waals surface area (Å²) in [5.41, 5.74) is 2.81. The molecule has 1 fully saturated rings. The molecule has 2 amide bonds. The van der Waals surface area contributed by atoms with Crippen LogP contribution in [0.4, 0.5) is 5.13 Å². The van der Waals surface area contributed by atoms with Gasteiger partial charge in [0.25, 0.3) is 0 Å². The number of aromatic nitrogens is 1. The second-order valence-corrected chi connectivity index (χ2v) is 7.77. The SMILES string of the molecule is COc1ccc(-c2csc(NC(=O)C3CC(=O)N(Cc4ccccc4)C3)n2)cc1. The van der Waals surface area contributed by atoms with Crippen LogP contribution >= 0.6 is 11.3 Å². The van der Waals surface area contributed by atoms with E-state index in [1.807, 2.05) is 60.0 Å². The number of nitrogens with one attached hydrogen (secondary N) is 1. The fourth-order valence-electron chi connectivity index (χ4n) is 3.34. The number of hydrogen-bond donors (Lipinski definition) is 1. The van der Waals surface area contributed by atoms with E-state index in [-0.39, 0.29) is 24.2 Å². The summed E-state index contributed by atoms with van der Waals surface area (Å²) < 4.78 is 5.17. The molecule has 0 saturated carbocycles. The maximum Gasteiger partial charge on any atom is 0.231 e. The minimum Gasteiger partial charge on any atom is -0.497 e. The molecule has 0 radical (unpaired) electrons. The molecule has 29 heavy (non-hydrogen) atoms. The predicted molar refractivity (Wildman–Crippen MR) is 113 cm³/mol. The first-order valence-corrected chi connectivity index (χ1v) is 10.2. The summed E-state index contributed by atoms with van der Waals surface area (Å²) in [6.45, 7) is 0.957. The normalized spacial score (nSPS) is 16.1. The molecule has 1 aliphatic rings. The van der Waals surface area contributed by atoms with E-state index in [0.717, 1.165) is 22.6 Å². The number of likely N-dealkylation sites (tertiary alicyclic amines) is 1. The summed E-state index contributed by atoms with van der Waals surface area (Å²) >= 11 is 1.37. The van der Waals surface area contributed by atoms with Crippen LogP contribution in [0.25, 0.3) is 11.3 Å². The van der Waals surface area contributed by atoms with Crippen molar-refractivity contribution in [1.29, 1.82) is 0 Å². The lowest BCUT2D eigenvalue weighted by molar-refractivity contribution is -0.128. The van der Waals surface area contributed by atoms with Gasteiger partial charge < -0.3 is 15.0 Å². The molecule has 7 heteroatoms. The Kier molecular flexibility index (Phi) is 5.57. The zero-order chi connectivity index (χ0) is 20.2. The predicted octanol–water partition coefficient (Wildman–Crippen LogP) is 3.81. The largest absolute Gasteiger partial charge is 0.497 e. The molecule has 0 spiro atoms. The molecule has 0 bridgehead atoms. The van der Waals surface area contributed by atoms with Gasteiger partial charge in [0.1, 0.15) is 5.75 Å². The number of thiazole rings is 1. The number of carbonyl (C=O) groups is 2. The molecule has 1 aromatic heterocycles. The van der Waals surface area contributed by atoms with Crippen LogP contribution in [0.2, 0.25) is 0 Å². The third kappa shape index (κ3) is 4.46. The topological polar surface area (TPSA) is 71.5 Å². The van der Waals surface area contributed by atoms with Crippen molar-refractivity contribution in [2.75, 3.05) is 19.0 Å². The highest BCUT2D eigenvalue weighted by atomic mass is 32.1. The Morgan fingerprint density at radius 1 is 1.21 bits per heavy atom. The van der Waals surface area contributed by atoms with Crippen molar-refractivity contribution in [3.05, 3.63) is 65.5 Å². The van der Waals surface area contributed by atoms with Crippen molar-refractivity contribution in [3.63, 3.8) is 0 Å². The van der Waals surface area contributed by atoms with E-state index in [9.17, 15) is 9.59 Å². The molecule has 1 N–H and O–H groups in total. The zero-order valence-corrected chi connectivity index (χ0v) is 16.8. The van der Waals surface area contributed by atoms with Gasteiger partial charge in [-0.15, -0.1) is 11.3 Å². The van der Waals surface area contributed by atoms with E-state index in [1.54, 1.807) is 12.0 Å². The first-order chi connectivity index (χ1) is 14.1. The van der Waals surface area contributed by atoms with Crippen molar-refractivity contribution >= 4 is 28.3 Å². The van der Waals surface area contributed by atoms with Crippen LogP contribution in [0.5, 0.6) is 5.75 Å². The van der Waals surface area contributed by atoms with Gasteiger partial charge in [-0.2, -0.15) is 0 Å². The van der Waals surface area contributed by atoms with Gasteiger partial charge >= 0.3 is 0 Å². The Morgan fingerprint density at radius 2 is 1.97 bits per heavy atom. The van der Waals surface area contributed by atoms with Crippen LogP contribution in [-0.2, 0) is 16.1 Å². The van der Waals surface area contributed by atoms with Gasteiger partial charge in [0.2, 0.25) is 11.8 Å². The van der Waals surface area contributed by atoms with Crippen molar-refractivity contribution in [3.8, 4) is 17.0 Å². The van der Waals surface area contributed by atoms with E-state index in [4.69, 9.17) is 4.74 Å². The van der Waals surface area contributed by atoms with Gasteiger partial charge in [0.15, 0.2) is 5.13 Å². The smallest absolute Gasteiger partial charge is 0.231 e. The summed E-state index contributed by atoms with van der Waals surface area (Å²) in [6, 6.07) is 17.4. The van der Waals surface area contributed by atoms with Gasteiger partial charge in [-0.3, -0.25) is 9.59 Å². The number of hydrogen-bond acceptors (Lipinski definition) is 5. The molecule has 148 valence electrons. The number of benzene rings is 2. The first-order valence-electron chi connectivity index (χ1n) is 9.35. The molecular formula is C22H21N3O3S. The molecule has 1 atom stereocenters. The monoisotopic (exact) mass is 407 g/mol. The average molecular weight is 407 g/mol. The van der Waals surface area contributed by atoms with Crippen LogP contribution in [-0.4, -0.2) is 35.4 Å². The van der Waals surface area contributed by atoms with Gasteiger partial charge in [-0.1, -0.05) is 30.3 Å². The highest BCUT2D eigenvalue weighted by Crippen LogP contribution is 2.28. The summed E-state index contributed by atoms with van der Waals surface area (Å²) in [4.78, 5) is 31.2. The Bertz CT molecular complexity index is 1000. The van der Waals surface area contributed by atoms with Crippen LogP contribution in [0, 0.1) is 5.92 Å². The Morgan fingerprint density at radius 3 is 2.69 bits per heavy atom. The third-order valence-corrected chi connectivity index (χ3v) is 5.68. The van der Waals surface area contributed by atoms with Gasteiger partial charge in [-0.25, -0.2) is 4.98 Å². The highest BCUT2D eigenvalue weighted by molar-refractivity contribution is 7.14. The standard InChI is InChI=1S/C22H21N3O3S/c1-28-18-9-7-16(8-10-18)19-14-29-22(23-19)24-21(27)17-11-20(26)25(13-17)12-15-5-3-2-4-6-15/h2-10,14,17H,11-13H2,1H3,(H,23,24,27). The number of amides is 2. The van der Waals surface area contributed by atoms with Crippen LogP contribution in [0.3, 0.4) is 0 Å². The quantitative estimate of drug-likeness (QED) is 0.675. The number of anilines is 1. The summed E-state index contributed by atoms with van der Waals surface area (Å²) in [7, 11) is 1.63. The molecule has 1 aliphatic heterocycles. The van der Waals surface area contributed by atoms with Gasteiger partial charge in [0.05, 0.1) is 18.7 Å². The molecule has 2 aromatic carbocycles. The number of methoxy groups -OCH3 is 1. The summed E-state index contributed by atoms with van der Waals surface area (Å²) in [5, 5.41) is 5.30. The third-order valence-electron chi connectivity index (χ3n) is 4.92. The van der Waals surface area contributed by atoms with Gasteiger partial charge in [-0.05, 0) is 29.8 Å². The number of rotatable bonds is 6. The lowest BCUT2D eigenvalue weighted by atomic mass is 10.1. The molecule has 6 nitrogen and oxygen atoms in total. The second-order valence-electron chi connectivity index (χ2n) is 6.92. The Hall–Kier alpha value is -3.19. The second kappa shape index (κ2) is 8.45.